The minimum atomic E-state index is -0.384. The van der Waals surface area contributed by atoms with Gasteiger partial charge in [-0.15, -0.1) is 0 Å². The van der Waals surface area contributed by atoms with E-state index < -0.39 is 0 Å². The van der Waals surface area contributed by atoms with Crippen molar-refractivity contribution in [3.63, 3.8) is 0 Å². The lowest BCUT2D eigenvalue weighted by Crippen LogP contribution is -2.27. The molecule has 5 heteroatoms. The van der Waals surface area contributed by atoms with Gasteiger partial charge in [-0.3, -0.25) is 9.59 Å². The number of carbonyl (C=O) groups is 2. The van der Waals surface area contributed by atoms with Crippen LogP contribution in [-0.2, 0) is 4.79 Å². The quantitative estimate of drug-likeness (QED) is 0.586. The summed E-state index contributed by atoms with van der Waals surface area (Å²) < 4.78 is 13.0. The molecular weight excluding hydrogens is 367 g/mol. The monoisotopic (exact) mass is 388 g/mol. The minimum absolute atomic E-state index is 0.175. The molecule has 1 atom stereocenters. The van der Waals surface area contributed by atoms with Crippen LogP contribution in [0.2, 0.25) is 0 Å². The number of para-hydroxylation sites is 1. The fraction of sp³-hybridized carbons (Fsp3) is 0.0833. The van der Waals surface area contributed by atoms with Crippen molar-refractivity contribution in [1.29, 1.82) is 0 Å². The third-order valence-electron chi connectivity index (χ3n) is 4.37. The van der Waals surface area contributed by atoms with Crippen LogP contribution >= 0.6 is 0 Å². The van der Waals surface area contributed by atoms with Gasteiger partial charge in [0, 0.05) is 6.08 Å². The van der Waals surface area contributed by atoms with E-state index in [2.05, 4.69) is 10.6 Å². The number of nitrogens with one attached hydrogen (secondary N) is 2. The second-order valence-electron chi connectivity index (χ2n) is 6.53. The highest BCUT2D eigenvalue weighted by molar-refractivity contribution is 6.07. The molecule has 2 N–H and O–H groups in total. The molecule has 0 aromatic heterocycles. The third-order valence-corrected chi connectivity index (χ3v) is 4.37. The summed E-state index contributed by atoms with van der Waals surface area (Å²) in [5.41, 5.74) is 2.48. The Balaban J connectivity index is 1.68. The summed E-state index contributed by atoms with van der Waals surface area (Å²) in [5, 5.41) is 5.67. The molecule has 2 amide bonds. The Hall–Kier alpha value is -3.73. The third kappa shape index (κ3) is 5.62. The zero-order valence-electron chi connectivity index (χ0n) is 15.9. The Kier molecular flexibility index (Phi) is 6.53. The molecule has 0 aliphatic rings. The topological polar surface area (TPSA) is 58.2 Å². The molecule has 0 spiro atoms. The van der Waals surface area contributed by atoms with E-state index in [0.29, 0.717) is 16.8 Å². The normalized spacial score (nSPS) is 11.8. The van der Waals surface area contributed by atoms with Crippen molar-refractivity contribution in [2.24, 2.45) is 0 Å². The molecule has 0 saturated heterocycles. The van der Waals surface area contributed by atoms with E-state index in [1.165, 1.54) is 18.2 Å². The average Bonchev–Trinajstić information content (AvgIpc) is 2.74. The molecule has 0 saturated carbocycles. The Bertz CT molecular complexity index is 1010. The number of halogens is 1. The molecule has 3 aromatic carbocycles. The van der Waals surface area contributed by atoms with Crippen molar-refractivity contribution >= 4 is 23.6 Å². The van der Waals surface area contributed by atoms with Gasteiger partial charge < -0.3 is 10.6 Å². The van der Waals surface area contributed by atoms with E-state index in [9.17, 15) is 14.0 Å². The molecule has 0 bridgehead atoms. The second kappa shape index (κ2) is 9.46. The molecule has 3 aromatic rings. The Morgan fingerprint density at radius 2 is 1.55 bits per heavy atom. The number of anilines is 1. The highest BCUT2D eigenvalue weighted by Crippen LogP contribution is 2.18. The van der Waals surface area contributed by atoms with Gasteiger partial charge in [0.05, 0.1) is 17.3 Å². The molecular formula is C24H21FN2O2. The van der Waals surface area contributed by atoms with E-state index in [4.69, 9.17) is 0 Å². The SMILES string of the molecule is CC(NC(=O)c1ccccc1NC(=O)/C=C/c1ccc(F)cc1)c1ccccc1. The van der Waals surface area contributed by atoms with Gasteiger partial charge in [-0.25, -0.2) is 4.39 Å². The summed E-state index contributed by atoms with van der Waals surface area (Å²) in [4.78, 5) is 25.0. The second-order valence-corrected chi connectivity index (χ2v) is 6.53. The van der Waals surface area contributed by atoms with Gasteiger partial charge in [0.25, 0.3) is 5.91 Å². The molecule has 146 valence electrons. The summed E-state index contributed by atoms with van der Waals surface area (Å²) in [5.74, 6) is -0.998. The van der Waals surface area contributed by atoms with Crippen molar-refractivity contribution < 1.29 is 14.0 Å². The lowest BCUT2D eigenvalue weighted by Gasteiger charge is -2.16. The molecule has 0 fully saturated rings. The summed E-state index contributed by atoms with van der Waals surface area (Å²) in [7, 11) is 0. The van der Waals surface area contributed by atoms with Crippen LogP contribution in [0, 0.1) is 5.82 Å². The van der Waals surface area contributed by atoms with Crippen molar-refractivity contribution in [2.45, 2.75) is 13.0 Å². The lowest BCUT2D eigenvalue weighted by molar-refractivity contribution is -0.111. The van der Waals surface area contributed by atoms with E-state index in [1.54, 1.807) is 42.5 Å². The predicted molar refractivity (Wildman–Crippen MR) is 113 cm³/mol. The Morgan fingerprint density at radius 1 is 0.897 bits per heavy atom. The van der Waals surface area contributed by atoms with Crippen LogP contribution in [-0.4, -0.2) is 11.8 Å². The van der Waals surface area contributed by atoms with Crippen LogP contribution in [0.5, 0.6) is 0 Å². The molecule has 4 nitrogen and oxygen atoms in total. The van der Waals surface area contributed by atoms with Crippen molar-refractivity contribution in [1.82, 2.24) is 5.32 Å². The first kappa shape index (κ1) is 20.0. The Morgan fingerprint density at radius 3 is 2.28 bits per heavy atom. The van der Waals surface area contributed by atoms with E-state index in [-0.39, 0.29) is 23.7 Å². The fourth-order valence-electron chi connectivity index (χ4n) is 2.81. The van der Waals surface area contributed by atoms with Gasteiger partial charge >= 0.3 is 0 Å². The summed E-state index contributed by atoms with van der Waals surface area (Å²) in [6.07, 6.45) is 2.92. The van der Waals surface area contributed by atoms with Crippen molar-refractivity contribution in [3.05, 3.63) is 107 Å². The number of carbonyl (C=O) groups excluding carboxylic acids is 2. The standard InChI is InChI=1S/C24H21FN2O2/c1-17(19-7-3-2-4-8-19)26-24(29)21-9-5-6-10-22(21)27-23(28)16-13-18-11-14-20(25)15-12-18/h2-17H,1H3,(H,26,29)(H,27,28)/b16-13+. The lowest BCUT2D eigenvalue weighted by atomic mass is 10.1. The maximum atomic E-state index is 13.0. The molecule has 0 aliphatic heterocycles. The van der Waals surface area contributed by atoms with E-state index >= 15 is 0 Å². The summed E-state index contributed by atoms with van der Waals surface area (Å²) in [6.45, 7) is 1.90. The van der Waals surface area contributed by atoms with Crippen LogP contribution in [0.25, 0.3) is 6.08 Å². The van der Waals surface area contributed by atoms with Gasteiger partial charge in [-0.05, 0) is 48.4 Å². The van der Waals surface area contributed by atoms with E-state index in [1.807, 2.05) is 37.3 Å². The Labute approximate surface area is 169 Å². The van der Waals surface area contributed by atoms with Crippen LogP contribution in [0.15, 0.2) is 84.9 Å². The molecule has 3 rings (SSSR count). The van der Waals surface area contributed by atoms with Crippen LogP contribution in [0.1, 0.15) is 34.5 Å². The van der Waals surface area contributed by atoms with Gasteiger partial charge in [0.1, 0.15) is 5.82 Å². The zero-order chi connectivity index (χ0) is 20.6. The first-order valence-corrected chi connectivity index (χ1v) is 9.22. The highest BCUT2D eigenvalue weighted by atomic mass is 19.1. The first-order valence-electron chi connectivity index (χ1n) is 9.22. The van der Waals surface area contributed by atoms with Gasteiger partial charge in [-0.2, -0.15) is 0 Å². The predicted octanol–water partition coefficient (Wildman–Crippen LogP) is 4.97. The molecule has 0 heterocycles. The number of benzene rings is 3. The van der Waals surface area contributed by atoms with Crippen LogP contribution in [0.4, 0.5) is 10.1 Å². The van der Waals surface area contributed by atoms with Crippen molar-refractivity contribution in [3.8, 4) is 0 Å². The summed E-state index contributed by atoms with van der Waals surface area (Å²) in [6, 6.07) is 22.1. The zero-order valence-corrected chi connectivity index (χ0v) is 15.9. The number of hydrogen-bond donors (Lipinski definition) is 2. The van der Waals surface area contributed by atoms with Crippen molar-refractivity contribution in [2.75, 3.05) is 5.32 Å². The summed E-state index contributed by atoms with van der Waals surface area (Å²) >= 11 is 0. The highest BCUT2D eigenvalue weighted by Gasteiger charge is 2.15. The molecule has 0 radical (unpaired) electrons. The average molecular weight is 388 g/mol. The smallest absolute Gasteiger partial charge is 0.253 e. The number of hydrogen-bond acceptors (Lipinski definition) is 2. The fourth-order valence-corrected chi connectivity index (χ4v) is 2.81. The number of rotatable bonds is 6. The van der Waals surface area contributed by atoms with E-state index in [0.717, 1.165) is 5.56 Å². The van der Waals surface area contributed by atoms with Gasteiger partial charge in [0.2, 0.25) is 5.91 Å². The van der Waals surface area contributed by atoms with Gasteiger partial charge in [-0.1, -0.05) is 54.6 Å². The maximum absolute atomic E-state index is 13.0. The largest absolute Gasteiger partial charge is 0.345 e. The number of amides is 2. The van der Waals surface area contributed by atoms with Crippen LogP contribution in [0.3, 0.4) is 0 Å². The van der Waals surface area contributed by atoms with Crippen LogP contribution < -0.4 is 10.6 Å². The minimum Gasteiger partial charge on any atom is -0.345 e. The first-order chi connectivity index (χ1) is 14.0. The molecule has 1 unspecified atom stereocenters. The van der Waals surface area contributed by atoms with Gasteiger partial charge in [0.15, 0.2) is 0 Å². The molecule has 0 aliphatic carbocycles. The molecule has 29 heavy (non-hydrogen) atoms. The maximum Gasteiger partial charge on any atom is 0.253 e.